The molecular formula is C13H20O4. The van der Waals surface area contributed by atoms with Gasteiger partial charge in [0.25, 0.3) is 0 Å². The van der Waals surface area contributed by atoms with Crippen LogP contribution in [0.4, 0.5) is 0 Å². The molecule has 2 spiro atoms. The lowest BCUT2D eigenvalue weighted by Crippen LogP contribution is -2.39. The summed E-state index contributed by atoms with van der Waals surface area (Å²) in [5.41, 5.74) is 0. The van der Waals surface area contributed by atoms with E-state index in [4.69, 9.17) is 14.5 Å². The van der Waals surface area contributed by atoms with Gasteiger partial charge in [-0.3, -0.25) is 4.79 Å². The molecule has 0 radical (unpaired) electrons. The highest BCUT2D eigenvalue weighted by atomic mass is 17.3. The van der Waals surface area contributed by atoms with Crippen molar-refractivity contribution in [3.8, 4) is 0 Å². The van der Waals surface area contributed by atoms with Crippen LogP contribution < -0.4 is 0 Å². The van der Waals surface area contributed by atoms with Gasteiger partial charge in [-0.1, -0.05) is 12.8 Å². The van der Waals surface area contributed by atoms with Gasteiger partial charge in [0, 0.05) is 38.5 Å². The summed E-state index contributed by atoms with van der Waals surface area (Å²) in [5, 5.41) is 0. The van der Waals surface area contributed by atoms with Crippen LogP contribution in [0.1, 0.15) is 64.2 Å². The Morgan fingerprint density at radius 3 is 1.88 bits per heavy atom. The molecule has 2 aliphatic carbocycles. The predicted molar refractivity (Wildman–Crippen MR) is 59.9 cm³/mol. The fraction of sp³-hybridized carbons (Fsp3) is 0.923. The van der Waals surface area contributed by atoms with Gasteiger partial charge in [-0.25, -0.2) is 0 Å². The van der Waals surface area contributed by atoms with Crippen LogP contribution in [0.15, 0.2) is 0 Å². The number of ketones is 1. The summed E-state index contributed by atoms with van der Waals surface area (Å²) >= 11 is 0. The third kappa shape index (κ3) is 2.26. The number of ether oxygens (including phenoxy) is 1. The van der Waals surface area contributed by atoms with E-state index in [-0.39, 0.29) is 0 Å². The van der Waals surface area contributed by atoms with Gasteiger partial charge >= 0.3 is 0 Å². The zero-order valence-electron chi connectivity index (χ0n) is 10.2. The van der Waals surface area contributed by atoms with Crippen LogP contribution in [0.3, 0.4) is 0 Å². The smallest absolute Gasteiger partial charge is 0.205 e. The molecule has 1 saturated heterocycles. The molecule has 3 rings (SSSR count). The maximum absolute atomic E-state index is 11.3. The Morgan fingerprint density at radius 1 is 0.765 bits per heavy atom. The molecule has 1 heterocycles. The number of Topliss-reactive ketones (excluding diaryl/α,β-unsaturated/α-hetero) is 1. The highest BCUT2D eigenvalue weighted by molar-refractivity contribution is 5.79. The Bertz CT molecular complexity index is 295. The van der Waals surface area contributed by atoms with Crippen molar-refractivity contribution in [1.82, 2.24) is 0 Å². The van der Waals surface area contributed by atoms with Gasteiger partial charge in [-0.05, 0) is 12.8 Å². The van der Waals surface area contributed by atoms with Crippen LogP contribution in [-0.2, 0) is 19.3 Å². The molecule has 0 unspecified atom stereocenters. The Morgan fingerprint density at radius 2 is 1.29 bits per heavy atom. The van der Waals surface area contributed by atoms with Crippen LogP contribution in [0, 0.1) is 0 Å². The number of hydrogen-bond acceptors (Lipinski definition) is 4. The molecule has 4 nitrogen and oxygen atoms in total. The van der Waals surface area contributed by atoms with E-state index < -0.39 is 11.6 Å². The second kappa shape index (κ2) is 4.34. The van der Waals surface area contributed by atoms with Crippen LogP contribution in [0.5, 0.6) is 0 Å². The minimum Gasteiger partial charge on any atom is -0.312 e. The summed E-state index contributed by atoms with van der Waals surface area (Å²) in [5.74, 6) is -0.834. The van der Waals surface area contributed by atoms with Crippen molar-refractivity contribution in [3.05, 3.63) is 0 Å². The maximum atomic E-state index is 11.3. The first-order valence-electron chi connectivity index (χ1n) is 6.81. The molecule has 0 aromatic heterocycles. The second-order valence-electron chi connectivity index (χ2n) is 5.54. The van der Waals surface area contributed by atoms with Gasteiger partial charge in [0.1, 0.15) is 5.78 Å². The van der Waals surface area contributed by atoms with Gasteiger partial charge < -0.3 is 4.74 Å². The topological polar surface area (TPSA) is 44.8 Å². The average Bonchev–Trinajstić information content (AvgIpc) is 2.52. The Hall–Kier alpha value is -0.450. The van der Waals surface area contributed by atoms with Crippen molar-refractivity contribution in [1.29, 1.82) is 0 Å². The molecule has 0 aromatic carbocycles. The first kappa shape index (κ1) is 11.6. The molecule has 0 amide bonds. The molecule has 0 bridgehead atoms. The van der Waals surface area contributed by atoms with Crippen LogP contribution in [0.25, 0.3) is 0 Å². The molecule has 4 heteroatoms. The van der Waals surface area contributed by atoms with Gasteiger partial charge in [0.2, 0.25) is 11.6 Å². The van der Waals surface area contributed by atoms with E-state index in [0.29, 0.717) is 31.5 Å². The van der Waals surface area contributed by atoms with E-state index >= 15 is 0 Å². The third-order valence-corrected chi connectivity index (χ3v) is 4.15. The lowest BCUT2D eigenvalue weighted by Gasteiger charge is -2.31. The fourth-order valence-electron chi connectivity index (χ4n) is 3.07. The second-order valence-corrected chi connectivity index (χ2v) is 5.54. The number of carbonyl (C=O) groups excluding carboxylic acids is 1. The van der Waals surface area contributed by atoms with E-state index in [1.807, 2.05) is 0 Å². The SMILES string of the molecule is O=C1CCC2(CC1)OOC1(CCCCCC1)O2. The fourth-order valence-corrected chi connectivity index (χ4v) is 3.07. The summed E-state index contributed by atoms with van der Waals surface area (Å²) in [4.78, 5) is 22.3. The lowest BCUT2D eigenvalue weighted by molar-refractivity contribution is -0.355. The van der Waals surface area contributed by atoms with Crippen molar-refractivity contribution in [3.63, 3.8) is 0 Å². The summed E-state index contributed by atoms with van der Waals surface area (Å²) in [6, 6.07) is 0. The van der Waals surface area contributed by atoms with E-state index in [1.54, 1.807) is 0 Å². The zero-order chi connectivity index (χ0) is 11.8. The molecule has 0 atom stereocenters. The maximum Gasteiger partial charge on any atom is 0.205 e. The quantitative estimate of drug-likeness (QED) is 0.611. The van der Waals surface area contributed by atoms with Gasteiger partial charge in [0.05, 0.1) is 0 Å². The molecule has 3 fully saturated rings. The van der Waals surface area contributed by atoms with Crippen molar-refractivity contribution < 1.29 is 19.3 Å². The lowest BCUT2D eigenvalue weighted by atomic mass is 9.93. The molecule has 96 valence electrons. The molecule has 1 aliphatic heterocycles. The van der Waals surface area contributed by atoms with Crippen molar-refractivity contribution in [2.75, 3.05) is 0 Å². The first-order chi connectivity index (χ1) is 8.22. The molecule has 3 aliphatic rings. The van der Waals surface area contributed by atoms with E-state index in [1.165, 1.54) is 12.8 Å². The van der Waals surface area contributed by atoms with Gasteiger partial charge in [-0.15, -0.1) is 0 Å². The monoisotopic (exact) mass is 240 g/mol. The molecular weight excluding hydrogens is 220 g/mol. The van der Waals surface area contributed by atoms with E-state index in [0.717, 1.165) is 25.7 Å². The molecule has 0 N–H and O–H groups in total. The molecule has 0 aromatic rings. The van der Waals surface area contributed by atoms with E-state index in [2.05, 4.69) is 0 Å². The average molecular weight is 240 g/mol. The normalized spacial score (nSPS) is 31.9. The zero-order valence-corrected chi connectivity index (χ0v) is 10.2. The highest BCUT2D eigenvalue weighted by Crippen LogP contribution is 2.46. The molecule has 17 heavy (non-hydrogen) atoms. The Kier molecular flexibility index (Phi) is 2.97. The predicted octanol–water partition coefficient (Wildman–Crippen LogP) is 2.85. The van der Waals surface area contributed by atoms with Gasteiger partial charge in [0.15, 0.2) is 0 Å². The van der Waals surface area contributed by atoms with Crippen LogP contribution in [-0.4, -0.2) is 17.4 Å². The highest BCUT2D eigenvalue weighted by Gasteiger charge is 2.53. The van der Waals surface area contributed by atoms with Crippen LogP contribution in [0.2, 0.25) is 0 Å². The third-order valence-electron chi connectivity index (χ3n) is 4.15. The standard InChI is InChI=1S/C13H20O4/c14-11-5-9-13(10-6-11)15-12(16-17-13)7-3-1-2-4-8-12/h1-10H2. The minimum atomic E-state index is -0.627. The molecule has 2 saturated carbocycles. The van der Waals surface area contributed by atoms with Gasteiger partial charge in [-0.2, -0.15) is 9.78 Å². The van der Waals surface area contributed by atoms with Crippen molar-refractivity contribution in [2.45, 2.75) is 75.8 Å². The summed E-state index contributed by atoms with van der Waals surface area (Å²) in [6.07, 6.45) is 9.02. The number of hydrogen-bond donors (Lipinski definition) is 0. The summed E-state index contributed by atoms with van der Waals surface area (Å²) in [7, 11) is 0. The number of carbonyl (C=O) groups is 1. The van der Waals surface area contributed by atoms with E-state index in [9.17, 15) is 4.79 Å². The largest absolute Gasteiger partial charge is 0.312 e. The first-order valence-corrected chi connectivity index (χ1v) is 6.81. The minimum absolute atomic E-state index is 0.310. The van der Waals surface area contributed by atoms with Crippen LogP contribution >= 0.6 is 0 Å². The Balaban J connectivity index is 1.69. The van der Waals surface area contributed by atoms with Crippen molar-refractivity contribution in [2.24, 2.45) is 0 Å². The number of rotatable bonds is 0. The van der Waals surface area contributed by atoms with Crippen molar-refractivity contribution >= 4 is 5.78 Å². The Labute approximate surface area is 102 Å². The summed E-state index contributed by atoms with van der Waals surface area (Å²) in [6.45, 7) is 0. The summed E-state index contributed by atoms with van der Waals surface area (Å²) < 4.78 is 6.15.